The fourth-order valence-corrected chi connectivity index (χ4v) is 1.99. The average Bonchev–Trinajstić information content (AvgIpc) is 2.30. The molecule has 104 valence electrons. The predicted octanol–water partition coefficient (Wildman–Crippen LogP) is 2.59. The fourth-order valence-electron chi connectivity index (χ4n) is 1.99. The maximum atomic E-state index is 10.9. The molecular formula is C13H18N2O4. The van der Waals surface area contributed by atoms with Crippen LogP contribution in [-0.4, -0.2) is 28.6 Å². The number of nitro groups is 1. The Kier molecular flexibility index (Phi) is 4.86. The first-order valence-electron chi connectivity index (χ1n) is 6.07. The number of nitrogens with zero attached hydrogens (tertiary/aromatic N) is 2. The Balaban J connectivity index is 3.12. The van der Waals surface area contributed by atoms with Crippen molar-refractivity contribution in [3.63, 3.8) is 0 Å². The predicted molar refractivity (Wildman–Crippen MR) is 72.6 cm³/mol. The molecule has 19 heavy (non-hydrogen) atoms. The van der Waals surface area contributed by atoms with Crippen molar-refractivity contribution in [3.8, 4) is 0 Å². The van der Waals surface area contributed by atoms with Crippen molar-refractivity contribution < 1.29 is 14.8 Å². The van der Waals surface area contributed by atoms with Crippen LogP contribution in [0.5, 0.6) is 0 Å². The minimum absolute atomic E-state index is 0.000309. The number of carboxylic acid groups (broad SMARTS) is 1. The summed E-state index contributed by atoms with van der Waals surface area (Å²) in [6, 6.07) is 4.93. The highest BCUT2D eigenvalue weighted by molar-refractivity contribution is 5.68. The van der Waals surface area contributed by atoms with E-state index in [1.54, 1.807) is 19.1 Å². The summed E-state index contributed by atoms with van der Waals surface area (Å²) in [6.45, 7) is 5.87. The number of carboxylic acids is 1. The monoisotopic (exact) mass is 266 g/mol. The Hall–Kier alpha value is -2.11. The number of anilines is 1. The van der Waals surface area contributed by atoms with Crippen molar-refractivity contribution in [2.75, 3.05) is 11.4 Å². The van der Waals surface area contributed by atoms with Crippen molar-refractivity contribution in [1.29, 1.82) is 0 Å². The number of nitro benzene ring substituents is 1. The van der Waals surface area contributed by atoms with E-state index in [9.17, 15) is 14.9 Å². The van der Waals surface area contributed by atoms with Gasteiger partial charge in [-0.05, 0) is 26.8 Å². The van der Waals surface area contributed by atoms with Crippen LogP contribution >= 0.6 is 0 Å². The molecule has 6 nitrogen and oxygen atoms in total. The minimum atomic E-state index is -0.881. The van der Waals surface area contributed by atoms with Gasteiger partial charge >= 0.3 is 5.97 Å². The lowest BCUT2D eigenvalue weighted by Gasteiger charge is -2.29. The Labute approximate surface area is 111 Å². The van der Waals surface area contributed by atoms with Gasteiger partial charge in [-0.2, -0.15) is 0 Å². The molecule has 0 aliphatic carbocycles. The zero-order valence-corrected chi connectivity index (χ0v) is 11.3. The fraction of sp³-hybridized carbons (Fsp3) is 0.462. The van der Waals surface area contributed by atoms with Crippen LogP contribution in [0.1, 0.15) is 25.8 Å². The van der Waals surface area contributed by atoms with Gasteiger partial charge in [0, 0.05) is 24.3 Å². The van der Waals surface area contributed by atoms with E-state index < -0.39 is 10.9 Å². The largest absolute Gasteiger partial charge is 0.481 e. The van der Waals surface area contributed by atoms with Gasteiger partial charge in [0.25, 0.3) is 5.69 Å². The molecule has 0 aliphatic heterocycles. The lowest BCUT2D eigenvalue weighted by Crippen LogP contribution is -2.33. The minimum Gasteiger partial charge on any atom is -0.481 e. The highest BCUT2D eigenvalue weighted by Gasteiger charge is 2.19. The van der Waals surface area contributed by atoms with Crippen molar-refractivity contribution in [2.45, 2.75) is 33.2 Å². The van der Waals surface area contributed by atoms with Gasteiger partial charge in [-0.25, -0.2) is 0 Å². The lowest BCUT2D eigenvalue weighted by atomic mass is 10.1. The molecule has 1 rings (SSSR count). The smallest absolute Gasteiger partial charge is 0.305 e. The molecule has 0 amide bonds. The third kappa shape index (κ3) is 3.67. The summed E-state index contributed by atoms with van der Waals surface area (Å²) >= 11 is 0. The van der Waals surface area contributed by atoms with Gasteiger partial charge in [0.1, 0.15) is 0 Å². The molecule has 0 bridgehead atoms. The van der Waals surface area contributed by atoms with E-state index in [4.69, 9.17) is 5.11 Å². The van der Waals surface area contributed by atoms with Crippen molar-refractivity contribution in [2.24, 2.45) is 0 Å². The van der Waals surface area contributed by atoms with Crippen LogP contribution in [0.3, 0.4) is 0 Å². The number of aliphatic carboxylic acids is 1. The Morgan fingerprint density at radius 2 is 2.11 bits per heavy atom. The molecule has 1 aromatic rings. The average molecular weight is 266 g/mol. The SMILES string of the molecule is Cc1c(N(CCC(=O)O)C(C)C)cccc1[N+](=O)[O-]. The quantitative estimate of drug-likeness (QED) is 0.632. The summed E-state index contributed by atoms with van der Waals surface area (Å²) < 4.78 is 0. The van der Waals surface area contributed by atoms with Crippen LogP contribution in [0.15, 0.2) is 18.2 Å². The molecular weight excluding hydrogens is 248 g/mol. The van der Waals surface area contributed by atoms with Crippen LogP contribution in [0, 0.1) is 17.0 Å². The molecule has 6 heteroatoms. The highest BCUT2D eigenvalue weighted by Crippen LogP contribution is 2.29. The van der Waals surface area contributed by atoms with Gasteiger partial charge in [-0.1, -0.05) is 6.07 Å². The normalized spacial score (nSPS) is 10.5. The summed E-state index contributed by atoms with van der Waals surface area (Å²) in [4.78, 5) is 23.1. The maximum absolute atomic E-state index is 10.9. The second-order valence-corrected chi connectivity index (χ2v) is 4.61. The van der Waals surface area contributed by atoms with Crippen LogP contribution in [0.25, 0.3) is 0 Å². The second-order valence-electron chi connectivity index (χ2n) is 4.61. The molecule has 0 radical (unpaired) electrons. The van der Waals surface area contributed by atoms with E-state index in [1.807, 2.05) is 18.7 Å². The van der Waals surface area contributed by atoms with Gasteiger partial charge in [0.2, 0.25) is 0 Å². The van der Waals surface area contributed by atoms with E-state index >= 15 is 0 Å². The molecule has 0 saturated carbocycles. The molecule has 1 aromatic carbocycles. The van der Waals surface area contributed by atoms with Crippen LogP contribution < -0.4 is 4.90 Å². The Morgan fingerprint density at radius 3 is 2.58 bits per heavy atom. The van der Waals surface area contributed by atoms with Gasteiger partial charge in [0.15, 0.2) is 0 Å². The zero-order chi connectivity index (χ0) is 14.6. The maximum Gasteiger partial charge on any atom is 0.305 e. The van der Waals surface area contributed by atoms with Crippen LogP contribution in [-0.2, 0) is 4.79 Å². The standard InChI is InChI=1S/C13H18N2O4/c1-9(2)14(8-7-13(16)17)11-5-4-6-12(10(11)3)15(18)19/h4-6,9H,7-8H2,1-3H3,(H,16,17). The molecule has 0 saturated heterocycles. The van der Waals surface area contributed by atoms with Crippen LogP contribution in [0.2, 0.25) is 0 Å². The third-order valence-corrected chi connectivity index (χ3v) is 2.97. The number of rotatable bonds is 6. The number of benzene rings is 1. The van der Waals surface area contributed by atoms with E-state index in [0.29, 0.717) is 17.8 Å². The van der Waals surface area contributed by atoms with Gasteiger partial charge < -0.3 is 10.0 Å². The highest BCUT2D eigenvalue weighted by atomic mass is 16.6. The van der Waals surface area contributed by atoms with Gasteiger partial charge in [0.05, 0.1) is 16.9 Å². The molecule has 0 atom stereocenters. The molecule has 0 heterocycles. The van der Waals surface area contributed by atoms with Crippen LogP contribution in [0.4, 0.5) is 11.4 Å². The molecule has 0 unspecified atom stereocenters. The summed E-state index contributed by atoms with van der Waals surface area (Å²) in [5.41, 5.74) is 1.33. The number of carbonyl (C=O) groups is 1. The Morgan fingerprint density at radius 1 is 1.47 bits per heavy atom. The molecule has 0 aromatic heterocycles. The first-order valence-corrected chi connectivity index (χ1v) is 6.07. The zero-order valence-electron chi connectivity index (χ0n) is 11.3. The number of hydrogen-bond donors (Lipinski definition) is 1. The first kappa shape index (κ1) is 14.9. The van der Waals surface area contributed by atoms with E-state index in [0.717, 1.165) is 0 Å². The second kappa shape index (κ2) is 6.17. The molecule has 0 aliphatic rings. The van der Waals surface area contributed by atoms with Crippen molar-refractivity contribution in [3.05, 3.63) is 33.9 Å². The van der Waals surface area contributed by atoms with Crippen molar-refractivity contribution in [1.82, 2.24) is 0 Å². The molecule has 0 fully saturated rings. The third-order valence-electron chi connectivity index (χ3n) is 2.97. The molecule has 1 N–H and O–H groups in total. The summed E-state index contributed by atoms with van der Waals surface area (Å²) in [7, 11) is 0. The summed E-state index contributed by atoms with van der Waals surface area (Å²) in [6.07, 6.45) is 0.000309. The number of hydrogen-bond acceptors (Lipinski definition) is 4. The van der Waals surface area contributed by atoms with E-state index in [1.165, 1.54) is 6.07 Å². The topological polar surface area (TPSA) is 83.7 Å². The lowest BCUT2D eigenvalue weighted by molar-refractivity contribution is -0.385. The Bertz CT molecular complexity index is 486. The van der Waals surface area contributed by atoms with Gasteiger partial charge in [-0.3, -0.25) is 14.9 Å². The molecule has 0 spiro atoms. The summed E-state index contributed by atoms with van der Waals surface area (Å²) in [5.74, 6) is -0.881. The van der Waals surface area contributed by atoms with E-state index in [-0.39, 0.29) is 18.2 Å². The van der Waals surface area contributed by atoms with E-state index in [2.05, 4.69) is 0 Å². The first-order chi connectivity index (χ1) is 8.84. The van der Waals surface area contributed by atoms with Crippen molar-refractivity contribution >= 4 is 17.3 Å². The summed E-state index contributed by atoms with van der Waals surface area (Å²) in [5, 5.41) is 19.7. The van der Waals surface area contributed by atoms with Gasteiger partial charge in [-0.15, -0.1) is 0 Å².